The molecule has 0 radical (unpaired) electrons. The Kier molecular flexibility index (Phi) is 7.91. The Hall–Kier alpha value is -1.65. The first-order chi connectivity index (χ1) is 14.0. The van der Waals surface area contributed by atoms with Crippen molar-refractivity contribution in [1.29, 1.82) is 0 Å². The largest absolute Gasteiger partial charge is 0.478 e. The van der Waals surface area contributed by atoms with Gasteiger partial charge in [-0.05, 0) is 56.8 Å². The number of carbonyl (C=O) groups is 1. The summed E-state index contributed by atoms with van der Waals surface area (Å²) in [7, 11) is 0. The molecule has 3 aliphatic carbocycles. The summed E-state index contributed by atoms with van der Waals surface area (Å²) in [4.78, 5) is 11.0. The van der Waals surface area contributed by atoms with Crippen molar-refractivity contribution in [3.8, 4) is 0 Å². The molecule has 160 valence electrons. The summed E-state index contributed by atoms with van der Waals surface area (Å²) in [5.41, 5.74) is 3.31. The molecule has 0 spiro atoms. The molecule has 3 N–H and O–H groups in total. The second-order valence-corrected chi connectivity index (χ2v) is 9.01. The zero-order valence-electron chi connectivity index (χ0n) is 17.6. The molecule has 29 heavy (non-hydrogen) atoms. The fourth-order valence-corrected chi connectivity index (χ4v) is 5.13. The van der Waals surface area contributed by atoms with E-state index in [1.807, 2.05) is 12.2 Å². The van der Waals surface area contributed by atoms with Crippen LogP contribution in [0.5, 0.6) is 0 Å². The topological polar surface area (TPSA) is 77.8 Å². The lowest BCUT2D eigenvalue weighted by molar-refractivity contribution is -0.132. The number of aliphatic hydroxyl groups is 2. The van der Waals surface area contributed by atoms with E-state index in [2.05, 4.69) is 19.1 Å². The van der Waals surface area contributed by atoms with Crippen LogP contribution >= 0.6 is 0 Å². The van der Waals surface area contributed by atoms with Gasteiger partial charge in [-0.15, -0.1) is 0 Å². The molecule has 5 unspecified atom stereocenters. The standard InChI is InChI=1S/C25H36O4/c1-2-3-4-5-21(26)12-13-22-23-15-18(14-20(23)16-24(22)27)7-6-17-8-10-19(11-9-17)25(28)29/h8,10,12-14,20-24,26-27H,2-7,9,11,15-16H2,1H3,(H,28,29)/b13-12+. The molecule has 4 nitrogen and oxygen atoms in total. The van der Waals surface area contributed by atoms with E-state index in [1.54, 1.807) is 6.08 Å². The Morgan fingerprint density at radius 2 is 2.00 bits per heavy atom. The Labute approximate surface area is 174 Å². The molecule has 3 rings (SSSR count). The molecule has 3 aliphatic rings. The number of allylic oxidation sites excluding steroid dienone is 5. The van der Waals surface area contributed by atoms with Crippen LogP contribution in [-0.4, -0.2) is 33.5 Å². The number of unbranched alkanes of at least 4 members (excludes halogenated alkanes) is 2. The van der Waals surface area contributed by atoms with Gasteiger partial charge in [-0.2, -0.15) is 0 Å². The third-order valence-corrected chi connectivity index (χ3v) is 6.89. The summed E-state index contributed by atoms with van der Waals surface area (Å²) < 4.78 is 0. The van der Waals surface area contributed by atoms with Crippen molar-refractivity contribution in [2.24, 2.45) is 17.8 Å². The molecular formula is C25H36O4. The van der Waals surface area contributed by atoms with E-state index >= 15 is 0 Å². The first kappa shape index (κ1) is 22.0. The fraction of sp³-hybridized carbons (Fsp3) is 0.640. The highest BCUT2D eigenvalue weighted by Gasteiger charge is 2.43. The van der Waals surface area contributed by atoms with Crippen molar-refractivity contribution in [2.75, 3.05) is 0 Å². The monoisotopic (exact) mass is 400 g/mol. The zero-order chi connectivity index (χ0) is 20.8. The first-order valence-electron chi connectivity index (χ1n) is 11.3. The Balaban J connectivity index is 1.49. The van der Waals surface area contributed by atoms with Crippen molar-refractivity contribution in [2.45, 2.75) is 83.3 Å². The quantitative estimate of drug-likeness (QED) is 0.359. The van der Waals surface area contributed by atoms with Crippen LogP contribution in [0.2, 0.25) is 0 Å². The van der Waals surface area contributed by atoms with Crippen LogP contribution in [0.4, 0.5) is 0 Å². The molecule has 1 saturated carbocycles. The Morgan fingerprint density at radius 1 is 1.21 bits per heavy atom. The number of hydrogen-bond acceptors (Lipinski definition) is 3. The summed E-state index contributed by atoms with van der Waals surface area (Å²) in [6, 6.07) is 0. The lowest BCUT2D eigenvalue weighted by Crippen LogP contribution is -2.18. The minimum absolute atomic E-state index is 0.143. The maximum Gasteiger partial charge on any atom is 0.331 e. The number of rotatable bonds is 10. The normalized spacial score (nSPS) is 30.1. The van der Waals surface area contributed by atoms with Crippen molar-refractivity contribution < 1.29 is 20.1 Å². The average molecular weight is 401 g/mol. The van der Waals surface area contributed by atoms with Gasteiger partial charge in [-0.25, -0.2) is 4.79 Å². The summed E-state index contributed by atoms with van der Waals surface area (Å²) in [5, 5.41) is 29.7. The minimum atomic E-state index is -0.806. The number of carboxylic acid groups (broad SMARTS) is 1. The molecule has 0 amide bonds. The van der Waals surface area contributed by atoms with Gasteiger partial charge in [0.25, 0.3) is 0 Å². The van der Waals surface area contributed by atoms with E-state index in [1.165, 1.54) is 11.1 Å². The number of fused-ring (bicyclic) bond motifs is 1. The Bertz CT molecular complexity index is 700. The molecule has 0 aromatic rings. The minimum Gasteiger partial charge on any atom is -0.478 e. The van der Waals surface area contributed by atoms with Crippen LogP contribution in [0.25, 0.3) is 0 Å². The highest BCUT2D eigenvalue weighted by atomic mass is 16.4. The average Bonchev–Trinajstić information content (AvgIpc) is 3.21. The van der Waals surface area contributed by atoms with Gasteiger partial charge in [-0.1, -0.05) is 67.7 Å². The van der Waals surface area contributed by atoms with Crippen LogP contribution < -0.4 is 0 Å². The van der Waals surface area contributed by atoms with Gasteiger partial charge in [-0.3, -0.25) is 0 Å². The van der Waals surface area contributed by atoms with E-state index in [9.17, 15) is 15.0 Å². The molecule has 4 heteroatoms. The van der Waals surface area contributed by atoms with Gasteiger partial charge >= 0.3 is 5.97 Å². The number of hydrogen-bond donors (Lipinski definition) is 3. The molecule has 0 aliphatic heterocycles. The number of aliphatic carboxylic acids is 1. The molecular weight excluding hydrogens is 364 g/mol. The van der Waals surface area contributed by atoms with Crippen molar-refractivity contribution in [1.82, 2.24) is 0 Å². The lowest BCUT2D eigenvalue weighted by Gasteiger charge is -2.19. The molecule has 0 saturated heterocycles. The van der Waals surface area contributed by atoms with Gasteiger partial charge in [0.1, 0.15) is 0 Å². The van der Waals surface area contributed by atoms with Gasteiger partial charge in [0.2, 0.25) is 0 Å². The predicted octanol–water partition coefficient (Wildman–Crippen LogP) is 4.94. The SMILES string of the molecule is CCCCCC(O)/C=C/C1C(O)CC2C=C(CCC3=CC=C(C(=O)O)CC3)CC21. The van der Waals surface area contributed by atoms with E-state index in [4.69, 9.17) is 5.11 Å². The van der Waals surface area contributed by atoms with E-state index in [0.717, 1.165) is 57.8 Å². The van der Waals surface area contributed by atoms with Crippen molar-refractivity contribution in [3.05, 3.63) is 47.1 Å². The maximum absolute atomic E-state index is 11.0. The fourth-order valence-electron chi connectivity index (χ4n) is 5.13. The predicted molar refractivity (Wildman–Crippen MR) is 115 cm³/mol. The summed E-state index contributed by atoms with van der Waals surface area (Å²) in [6.45, 7) is 2.16. The van der Waals surface area contributed by atoms with E-state index in [0.29, 0.717) is 23.8 Å². The van der Waals surface area contributed by atoms with Crippen LogP contribution in [0.1, 0.15) is 71.1 Å². The second-order valence-electron chi connectivity index (χ2n) is 9.01. The molecule has 1 fully saturated rings. The van der Waals surface area contributed by atoms with Gasteiger partial charge < -0.3 is 15.3 Å². The maximum atomic E-state index is 11.0. The number of carboxylic acids is 1. The van der Waals surface area contributed by atoms with Gasteiger partial charge in [0, 0.05) is 11.5 Å². The summed E-state index contributed by atoms with van der Waals surface area (Å²) in [5.74, 6) is 0.243. The second kappa shape index (κ2) is 10.4. The lowest BCUT2D eigenvalue weighted by atomic mass is 9.88. The third kappa shape index (κ3) is 5.93. The highest BCUT2D eigenvalue weighted by Crippen LogP contribution is 2.48. The first-order valence-corrected chi connectivity index (χ1v) is 11.3. The van der Waals surface area contributed by atoms with Crippen LogP contribution in [-0.2, 0) is 4.79 Å². The van der Waals surface area contributed by atoms with Crippen LogP contribution in [0.15, 0.2) is 47.1 Å². The van der Waals surface area contributed by atoms with Crippen molar-refractivity contribution in [3.63, 3.8) is 0 Å². The van der Waals surface area contributed by atoms with Gasteiger partial charge in [0.05, 0.1) is 12.2 Å². The smallest absolute Gasteiger partial charge is 0.331 e. The van der Waals surface area contributed by atoms with Crippen LogP contribution in [0.3, 0.4) is 0 Å². The summed E-state index contributed by atoms with van der Waals surface area (Å²) in [6.07, 6.45) is 18.9. The zero-order valence-corrected chi connectivity index (χ0v) is 17.6. The van der Waals surface area contributed by atoms with E-state index < -0.39 is 12.1 Å². The highest BCUT2D eigenvalue weighted by molar-refractivity contribution is 5.87. The third-order valence-electron chi connectivity index (χ3n) is 6.89. The molecule has 5 atom stereocenters. The number of aliphatic hydroxyl groups excluding tert-OH is 2. The Morgan fingerprint density at radius 3 is 2.69 bits per heavy atom. The van der Waals surface area contributed by atoms with Gasteiger partial charge in [0.15, 0.2) is 0 Å². The summed E-state index contributed by atoms with van der Waals surface area (Å²) >= 11 is 0. The molecule has 0 aromatic heterocycles. The van der Waals surface area contributed by atoms with E-state index in [-0.39, 0.29) is 12.0 Å². The van der Waals surface area contributed by atoms with Crippen molar-refractivity contribution >= 4 is 5.97 Å². The molecule has 0 aromatic carbocycles. The molecule has 0 heterocycles. The van der Waals surface area contributed by atoms with Crippen LogP contribution in [0, 0.1) is 17.8 Å². The molecule has 0 bridgehead atoms.